The lowest BCUT2D eigenvalue weighted by Gasteiger charge is -2.06. The summed E-state index contributed by atoms with van der Waals surface area (Å²) in [6.45, 7) is 0.649. The topological polar surface area (TPSA) is 43.8 Å². The summed E-state index contributed by atoms with van der Waals surface area (Å²) in [5.74, 6) is 0. The lowest BCUT2D eigenvalue weighted by molar-refractivity contribution is 0.873. The van der Waals surface area contributed by atoms with E-state index in [9.17, 15) is 0 Å². The smallest absolute Gasteiger partial charge is 0.0994 e. The molecule has 4 heteroatoms. The standard InChI is InChI=1S/C11H12IN3/c12-9-1-3-10(4-2-9)15-8-14-7-11(15)5-6-13/h1-4,7-8H,5-6,13H2. The lowest BCUT2D eigenvalue weighted by atomic mass is 10.3. The van der Waals surface area contributed by atoms with Crippen LogP contribution in [-0.2, 0) is 6.42 Å². The van der Waals surface area contributed by atoms with Crippen LogP contribution in [0.3, 0.4) is 0 Å². The minimum Gasteiger partial charge on any atom is -0.330 e. The van der Waals surface area contributed by atoms with Crippen molar-refractivity contribution in [3.8, 4) is 5.69 Å². The van der Waals surface area contributed by atoms with Crippen LogP contribution in [0.1, 0.15) is 5.69 Å². The Bertz CT molecular complexity index is 433. The summed E-state index contributed by atoms with van der Waals surface area (Å²) in [5, 5.41) is 0. The molecule has 2 N–H and O–H groups in total. The molecule has 1 aromatic heterocycles. The number of hydrogen-bond acceptors (Lipinski definition) is 2. The van der Waals surface area contributed by atoms with Crippen LogP contribution in [0, 0.1) is 3.57 Å². The number of benzene rings is 1. The highest BCUT2D eigenvalue weighted by Gasteiger charge is 2.02. The van der Waals surface area contributed by atoms with Crippen molar-refractivity contribution in [2.24, 2.45) is 5.73 Å². The summed E-state index contributed by atoms with van der Waals surface area (Å²) in [4.78, 5) is 4.15. The average Bonchev–Trinajstić information content (AvgIpc) is 2.68. The molecule has 0 unspecified atom stereocenters. The molecule has 2 rings (SSSR count). The summed E-state index contributed by atoms with van der Waals surface area (Å²) >= 11 is 2.29. The minimum atomic E-state index is 0.649. The van der Waals surface area contributed by atoms with Gasteiger partial charge in [-0.1, -0.05) is 0 Å². The van der Waals surface area contributed by atoms with Crippen LogP contribution in [-0.4, -0.2) is 16.1 Å². The summed E-state index contributed by atoms with van der Waals surface area (Å²) in [6.07, 6.45) is 4.55. The minimum absolute atomic E-state index is 0.649. The average molecular weight is 313 g/mol. The molecule has 0 fully saturated rings. The molecule has 78 valence electrons. The highest BCUT2D eigenvalue weighted by molar-refractivity contribution is 14.1. The summed E-state index contributed by atoms with van der Waals surface area (Å²) in [7, 11) is 0. The molecular formula is C11H12IN3. The van der Waals surface area contributed by atoms with Crippen molar-refractivity contribution in [1.82, 2.24) is 9.55 Å². The number of imidazole rings is 1. The van der Waals surface area contributed by atoms with Crippen LogP contribution in [0.15, 0.2) is 36.8 Å². The maximum Gasteiger partial charge on any atom is 0.0994 e. The van der Waals surface area contributed by atoms with E-state index in [1.165, 1.54) is 3.57 Å². The molecule has 0 radical (unpaired) electrons. The third kappa shape index (κ3) is 2.38. The first-order chi connectivity index (χ1) is 7.31. The van der Waals surface area contributed by atoms with Crippen molar-refractivity contribution >= 4 is 22.6 Å². The Balaban J connectivity index is 2.36. The van der Waals surface area contributed by atoms with Crippen LogP contribution in [0.25, 0.3) is 5.69 Å². The van der Waals surface area contributed by atoms with Gasteiger partial charge in [-0.2, -0.15) is 0 Å². The first-order valence-electron chi connectivity index (χ1n) is 4.78. The highest BCUT2D eigenvalue weighted by atomic mass is 127. The largest absolute Gasteiger partial charge is 0.330 e. The Morgan fingerprint density at radius 1 is 1.27 bits per heavy atom. The zero-order valence-corrected chi connectivity index (χ0v) is 10.4. The molecular weight excluding hydrogens is 301 g/mol. The van der Waals surface area contributed by atoms with Gasteiger partial charge >= 0.3 is 0 Å². The molecule has 0 aliphatic rings. The Labute approximate surface area is 102 Å². The zero-order valence-electron chi connectivity index (χ0n) is 8.23. The van der Waals surface area contributed by atoms with E-state index in [0.717, 1.165) is 17.8 Å². The molecule has 15 heavy (non-hydrogen) atoms. The Hall–Kier alpha value is -0.880. The Morgan fingerprint density at radius 3 is 2.67 bits per heavy atom. The molecule has 0 aliphatic carbocycles. The normalized spacial score (nSPS) is 10.5. The highest BCUT2D eigenvalue weighted by Crippen LogP contribution is 2.13. The van der Waals surface area contributed by atoms with Gasteiger partial charge in [0.05, 0.1) is 6.33 Å². The van der Waals surface area contributed by atoms with Gasteiger partial charge in [0.15, 0.2) is 0 Å². The van der Waals surface area contributed by atoms with Gasteiger partial charge in [0.1, 0.15) is 0 Å². The number of nitrogens with two attached hydrogens (primary N) is 1. The van der Waals surface area contributed by atoms with E-state index < -0.39 is 0 Å². The van der Waals surface area contributed by atoms with Crippen LogP contribution in [0.5, 0.6) is 0 Å². The van der Waals surface area contributed by atoms with Crippen LogP contribution in [0.4, 0.5) is 0 Å². The van der Waals surface area contributed by atoms with Gasteiger partial charge in [0.2, 0.25) is 0 Å². The fraction of sp³-hybridized carbons (Fsp3) is 0.182. The third-order valence-electron chi connectivity index (χ3n) is 2.22. The van der Waals surface area contributed by atoms with Crippen LogP contribution >= 0.6 is 22.6 Å². The van der Waals surface area contributed by atoms with Gasteiger partial charge in [-0.3, -0.25) is 0 Å². The van der Waals surface area contributed by atoms with Crippen molar-refractivity contribution in [2.45, 2.75) is 6.42 Å². The van der Waals surface area contributed by atoms with Crippen LogP contribution < -0.4 is 5.73 Å². The van der Waals surface area contributed by atoms with E-state index in [4.69, 9.17) is 5.73 Å². The summed E-state index contributed by atoms with van der Waals surface area (Å²) < 4.78 is 3.31. The second-order valence-corrected chi connectivity index (χ2v) is 4.52. The summed E-state index contributed by atoms with van der Waals surface area (Å²) in [5.41, 5.74) is 7.84. The van der Waals surface area contributed by atoms with E-state index in [1.807, 2.05) is 12.5 Å². The fourth-order valence-electron chi connectivity index (χ4n) is 1.49. The van der Waals surface area contributed by atoms with Crippen molar-refractivity contribution < 1.29 is 0 Å². The Kier molecular flexibility index (Phi) is 3.37. The molecule has 0 bridgehead atoms. The maximum atomic E-state index is 5.55. The molecule has 0 spiro atoms. The van der Waals surface area contributed by atoms with Gasteiger partial charge in [0, 0.05) is 27.6 Å². The fourth-order valence-corrected chi connectivity index (χ4v) is 1.85. The predicted molar refractivity (Wildman–Crippen MR) is 69.0 cm³/mol. The molecule has 0 aliphatic heterocycles. The first kappa shape index (κ1) is 10.6. The molecule has 0 saturated carbocycles. The zero-order chi connectivity index (χ0) is 10.7. The van der Waals surface area contributed by atoms with Gasteiger partial charge in [-0.25, -0.2) is 4.98 Å². The molecule has 1 aromatic carbocycles. The van der Waals surface area contributed by atoms with Crippen molar-refractivity contribution in [1.29, 1.82) is 0 Å². The number of aromatic nitrogens is 2. The van der Waals surface area contributed by atoms with Crippen molar-refractivity contribution in [3.63, 3.8) is 0 Å². The van der Waals surface area contributed by atoms with E-state index in [0.29, 0.717) is 6.54 Å². The van der Waals surface area contributed by atoms with Crippen molar-refractivity contribution in [2.75, 3.05) is 6.54 Å². The predicted octanol–water partition coefficient (Wildman–Crippen LogP) is 1.98. The van der Waals surface area contributed by atoms with Gasteiger partial charge < -0.3 is 10.3 Å². The molecule has 0 amide bonds. The first-order valence-corrected chi connectivity index (χ1v) is 5.86. The number of hydrogen-bond donors (Lipinski definition) is 1. The maximum absolute atomic E-state index is 5.55. The SMILES string of the molecule is NCCc1cncn1-c1ccc(I)cc1. The number of nitrogens with zero attached hydrogens (tertiary/aromatic N) is 2. The van der Waals surface area contributed by atoms with Gasteiger partial charge in [0.25, 0.3) is 0 Å². The van der Waals surface area contributed by atoms with Crippen LogP contribution in [0.2, 0.25) is 0 Å². The molecule has 3 nitrogen and oxygen atoms in total. The lowest BCUT2D eigenvalue weighted by Crippen LogP contribution is -2.07. The summed E-state index contributed by atoms with van der Waals surface area (Å²) in [6, 6.07) is 8.34. The van der Waals surface area contributed by atoms with Crippen molar-refractivity contribution in [3.05, 3.63) is 46.1 Å². The van der Waals surface area contributed by atoms with Gasteiger partial charge in [-0.05, 0) is 53.4 Å². The number of rotatable bonds is 3. The molecule has 2 aromatic rings. The van der Waals surface area contributed by atoms with E-state index >= 15 is 0 Å². The quantitative estimate of drug-likeness (QED) is 0.881. The molecule has 1 heterocycles. The third-order valence-corrected chi connectivity index (χ3v) is 2.94. The second-order valence-electron chi connectivity index (χ2n) is 3.27. The van der Waals surface area contributed by atoms with E-state index in [2.05, 4.69) is 56.4 Å². The Morgan fingerprint density at radius 2 is 2.00 bits per heavy atom. The van der Waals surface area contributed by atoms with Gasteiger partial charge in [-0.15, -0.1) is 0 Å². The molecule has 0 atom stereocenters. The number of halogens is 1. The second kappa shape index (κ2) is 4.76. The van der Waals surface area contributed by atoms with E-state index in [1.54, 1.807) is 0 Å². The van der Waals surface area contributed by atoms with E-state index in [-0.39, 0.29) is 0 Å². The molecule has 0 saturated heterocycles. The monoisotopic (exact) mass is 313 g/mol.